The molecule has 0 saturated carbocycles. The standard InChI is InChI=1S/C29H35N3O3S/c1-20(2)30-28(33)26-18-24(31-36(34,35)25-13-10-23(11-14-25)29(3,4)5)12-15-27(26)32-17-16-21-8-6-7-9-22(21)19-32/h6-15,18,20,31H,16-17,19H2,1-5H3,(H,30,33). The third-order valence-electron chi connectivity index (χ3n) is 6.42. The zero-order chi connectivity index (χ0) is 26.1. The number of amides is 1. The topological polar surface area (TPSA) is 78.5 Å². The lowest BCUT2D eigenvalue weighted by Gasteiger charge is -2.32. The van der Waals surface area contributed by atoms with E-state index in [-0.39, 0.29) is 22.3 Å². The summed E-state index contributed by atoms with van der Waals surface area (Å²) in [6, 6.07) is 20.4. The number of sulfonamides is 1. The molecule has 6 nitrogen and oxygen atoms in total. The van der Waals surface area contributed by atoms with Gasteiger partial charge in [-0.1, -0.05) is 57.2 Å². The first-order valence-electron chi connectivity index (χ1n) is 12.3. The Balaban J connectivity index is 1.64. The number of hydrogen-bond donors (Lipinski definition) is 2. The predicted octanol–water partition coefficient (Wildman–Crippen LogP) is 5.49. The summed E-state index contributed by atoms with van der Waals surface area (Å²) in [5, 5.41) is 2.96. The summed E-state index contributed by atoms with van der Waals surface area (Å²) in [5.41, 5.74) is 5.14. The van der Waals surface area contributed by atoms with Crippen molar-refractivity contribution < 1.29 is 13.2 Å². The lowest BCUT2D eigenvalue weighted by atomic mass is 9.87. The molecule has 3 aromatic carbocycles. The Bertz CT molecular complexity index is 1360. The molecule has 3 aromatic rings. The fourth-order valence-corrected chi connectivity index (χ4v) is 5.50. The summed E-state index contributed by atoms with van der Waals surface area (Å²) in [7, 11) is -3.81. The highest BCUT2D eigenvalue weighted by Crippen LogP contribution is 2.31. The highest BCUT2D eigenvalue weighted by molar-refractivity contribution is 7.92. The highest BCUT2D eigenvalue weighted by atomic mass is 32.2. The molecule has 0 atom stereocenters. The van der Waals surface area contributed by atoms with Gasteiger partial charge in [0.2, 0.25) is 0 Å². The van der Waals surface area contributed by atoms with Gasteiger partial charge < -0.3 is 10.2 Å². The molecule has 7 heteroatoms. The Hall–Kier alpha value is -3.32. The lowest BCUT2D eigenvalue weighted by Crippen LogP contribution is -2.35. The van der Waals surface area contributed by atoms with Crippen molar-refractivity contribution in [1.29, 1.82) is 0 Å². The van der Waals surface area contributed by atoms with Crippen molar-refractivity contribution in [2.24, 2.45) is 0 Å². The Morgan fingerprint density at radius 2 is 1.61 bits per heavy atom. The van der Waals surface area contributed by atoms with E-state index in [0.29, 0.717) is 17.8 Å². The van der Waals surface area contributed by atoms with Gasteiger partial charge in [0, 0.05) is 30.5 Å². The van der Waals surface area contributed by atoms with Crippen molar-refractivity contribution in [3.8, 4) is 0 Å². The van der Waals surface area contributed by atoms with E-state index in [1.165, 1.54) is 11.1 Å². The second-order valence-corrected chi connectivity index (χ2v) is 12.4. The SMILES string of the molecule is CC(C)NC(=O)c1cc(NS(=O)(=O)c2ccc(C(C)(C)C)cc2)ccc1N1CCc2ccccc2C1. The Morgan fingerprint density at radius 1 is 0.944 bits per heavy atom. The summed E-state index contributed by atoms with van der Waals surface area (Å²) >= 11 is 0. The predicted molar refractivity (Wildman–Crippen MR) is 146 cm³/mol. The van der Waals surface area contributed by atoms with E-state index in [1.807, 2.05) is 44.2 Å². The van der Waals surface area contributed by atoms with Gasteiger partial charge in [-0.25, -0.2) is 8.42 Å². The Labute approximate surface area is 214 Å². The van der Waals surface area contributed by atoms with Gasteiger partial charge in [0.1, 0.15) is 0 Å². The molecule has 0 bridgehead atoms. The van der Waals surface area contributed by atoms with E-state index in [9.17, 15) is 13.2 Å². The van der Waals surface area contributed by atoms with E-state index in [1.54, 1.807) is 24.3 Å². The normalized spacial score (nSPS) is 13.9. The Kier molecular flexibility index (Phi) is 7.14. The van der Waals surface area contributed by atoms with Gasteiger partial charge in [0.05, 0.1) is 10.5 Å². The molecular formula is C29H35N3O3S. The average molecular weight is 506 g/mol. The molecule has 1 amide bonds. The third kappa shape index (κ3) is 5.73. The number of carbonyl (C=O) groups excluding carboxylic acids is 1. The molecule has 1 heterocycles. The molecule has 0 spiro atoms. The van der Waals surface area contributed by atoms with Crippen LogP contribution in [0.15, 0.2) is 71.6 Å². The highest BCUT2D eigenvalue weighted by Gasteiger charge is 2.24. The van der Waals surface area contributed by atoms with E-state index >= 15 is 0 Å². The van der Waals surface area contributed by atoms with Gasteiger partial charge in [-0.3, -0.25) is 9.52 Å². The number of nitrogens with one attached hydrogen (secondary N) is 2. The first-order valence-corrected chi connectivity index (χ1v) is 13.8. The summed E-state index contributed by atoms with van der Waals surface area (Å²) in [5.74, 6) is -0.227. The van der Waals surface area contributed by atoms with Crippen LogP contribution >= 0.6 is 0 Å². The van der Waals surface area contributed by atoms with Crippen molar-refractivity contribution in [3.63, 3.8) is 0 Å². The fraction of sp³-hybridized carbons (Fsp3) is 0.345. The molecule has 0 aromatic heterocycles. The number of benzene rings is 3. The minimum Gasteiger partial charge on any atom is -0.366 e. The lowest BCUT2D eigenvalue weighted by molar-refractivity contribution is 0.0943. The second-order valence-electron chi connectivity index (χ2n) is 10.7. The van der Waals surface area contributed by atoms with Crippen molar-refractivity contribution in [2.45, 2.75) is 63.9 Å². The van der Waals surface area contributed by atoms with Crippen molar-refractivity contribution >= 4 is 27.3 Å². The monoisotopic (exact) mass is 505 g/mol. The summed E-state index contributed by atoms with van der Waals surface area (Å²) in [4.78, 5) is 15.5. The molecule has 190 valence electrons. The van der Waals surface area contributed by atoms with Crippen LogP contribution in [0.1, 0.15) is 61.7 Å². The molecule has 2 N–H and O–H groups in total. The average Bonchev–Trinajstić information content (AvgIpc) is 2.82. The van der Waals surface area contributed by atoms with E-state index in [4.69, 9.17) is 0 Å². The summed E-state index contributed by atoms with van der Waals surface area (Å²) < 4.78 is 28.9. The van der Waals surface area contributed by atoms with Crippen molar-refractivity contribution in [2.75, 3.05) is 16.2 Å². The van der Waals surface area contributed by atoms with E-state index in [2.05, 4.69) is 47.8 Å². The van der Waals surface area contributed by atoms with E-state index < -0.39 is 10.0 Å². The maximum atomic E-state index is 13.2. The minimum atomic E-state index is -3.81. The van der Waals surface area contributed by atoms with Gasteiger partial charge in [-0.05, 0) is 72.7 Å². The zero-order valence-electron chi connectivity index (χ0n) is 21.6. The maximum absolute atomic E-state index is 13.2. The third-order valence-corrected chi connectivity index (χ3v) is 7.81. The van der Waals surface area contributed by atoms with Gasteiger partial charge in [-0.2, -0.15) is 0 Å². The van der Waals surface area contributed by atoms with Crippen molar-refractivity contribution in [3.05, 3.63) is 89.0 Å². The van der Waals surface area contributed by atoms with Crippen LogP contribution in [0.3, 0.4) is 0 Å². The number of carbonyl (C=O) groups is 1. The number of rotatable bonds is 6. The maximum Gasteiger partial charge on any atom is 0.261 e. The van der Waals surface area contributed by atoms with Gasteiger partial charge >= 0.3 is 0 Å². The van der Waals surface area contributed by atoms with Gasteiger partial charge in [0.15, 0.2) is 0 Å². The molecule has 1 aliphatic heterocycles. The molecule has 4 rings (SSSR count). The first kappa shape index (κ1) is 25.8. The molecule has 0 radical (unpaired) electrons. The second kappa shape index (κ2) is 9.97. The van der Waals surface area contributed by atoms with Crippen LogP contribution in [0.4, 0.5) is 11.4 Å². The van der Waals surface area contributed by atoms with Crippen LogP contribution in [0.25, 0.3) is 0 Å². The van der Waals surface area contributed by atoms with Crippen LogP contribution in [0.5, 0.6) is 0 Å². The minimum absolute atomic E-state index is 0.0471. The first-order chi connectivity index (χ1) is 16.9. The molecule has 0 saturated heterocycles. The molecule has 0 aliphatic carbocycles. The molecule has 1 aliphatic rings. The number of hydrogen-bond acceptors (Lipinski definition) is 4. The molecule has 0 fully saturated rings. The molecular weight excluding hydrogens is 470 g/mol. The van der Waals surface area contributed by atoms with Crippen LogP contribution in [0, 0.1) is 0 Å². The van der Waals surface area contributed by atoms with Crippen LogP contribution in [0.2, 0.25) is 0 Å². The zero-order valence-corrected chi connectivity index (χ0v) is 22.4. The summed E-state index contributed by atoms with van der Waals surface area (Å²) in [6.07, 6.45) is 0.889. The van der Waals surface area contributed by atoms with Crippen LogP contribution in [-0.4, -0.2) is 26.9 Å². The molecule has 36 heavy (non-hydrogen) atoms. The van der Waals surface area contributed by atoms with Crippen molar-refractivity contribution in [1.82, 2.24) is 5.32 Å². The molecule has 0 unspecified atom stereocenters. The fourth-order valence-electron chi connectivity index (χ4n) is 4.45. The number of anilines is 2. The smallest absolute Gasteiger partial charge is 0.261 e. The largest absolute Gasteiger partial charge is 0.366 e. The number of fused-ring (bicyclic) bond motifs is 1. The Morgan fingerprint density at radius 3 is 2.25 bits per heavy atom. The quantitative estimate of drug-likeness (QED) is 0.465. The van der Waals surface area contributed by atoms with Crippen LogP contribution < -0.4 is 14.9 Å². The summed E-state index contributed by atoms with van der Waals surface area (Å²) in [6.45, 7) is 11.5. The van der Waals surface area contributed by atoms with Gasteiger partial charge in [-0.15, -0.1) is 0 Å². The van der Waals surface area contributed by atoms with Gasteiger partial charge in [0.25, 0.3) is 15.9 Å². The van der Waals surface area contributed by atoms with E-state index in [0.717, 1.165) is 24.2 Å². The number of nitrogens with zero attached hydrogens (tertiary/aromatic N) is 1. The van der Waals surface area contributed by atoms with Crippen LogP contribution in [-0.2, 0) is 28.4 Å².